The van der Waals surface area contributed by atoms with Crippen molar-refractivity contribution in [2.45, 2.75) is 31.6 Å². The van der Waals surface area contributed by atoms with E-state index in [0.717, 1.165) is 25.6 Å². The zero-order valence-corrected chi connectivity index (χ0v) is 14.2. The van der Waals surface area contributed by atoms with Gasteiger partial charge in [-0.3, -0.25) is 0 Å². The Bertz CT molecular complexity index is 747. The normalized spacial score (nSPS) is 16.1. The van der Waals surface area contributed by atoms with Gasteiger partial charge in [0.2, 0.25) is 0 Å². The predicted octanol–water partition coefficient (Wildman–Crippen LogP) is 3.34. The Balaban J connectivity index is 1.59. The minimum absolute atomic E-state index is 0.119. The fraction of sp³-hybridized carbons (Fsp3) is 0.471. The van der Waals surface area contributed by atoms with Gasteiger partial charge in [-0.1, -0.05) is 12.1 Å². The molecule has 1 N–H and O–H groups in total. The van der Waals surface area contributed by atoms with Crippen molar-refractivity contribution in [3.63, 3.8) is 0 Å². The number of urea groups is 1. The van der Waals surface area contributed by atoms with Crippen LogP contribution in [0.3, 0.4) is 0 Å². The fourth-order valence-corrected chi connectivity index (χ4v) is 3.08. The largest absolute Gasteiger partial charge is 0.324 e. The lowest BCUT2D eigenvalue weighted by Crippen LogP contribution is -2.40. The number of carbonyl (C=O) groups is 1. The molecule has 0 aliphatic carbocycles. The van der Waals surface area contributed by atoms with Crippen molar-refractivity contribution in [1.82, 2.24) is 19.7 Å². The summed E-state index contributed by atoms with van der Waals surface area (Å²) in [6.07, 6.45) is 3.27. The van der Waals surface area contributed by atoms with Gasteiger partial charge in [0.15, 0.2) is 0 Å². The van der Waals surface area contributed by atoms with Crippen molar-refractivity contribution < 1.29 is 13.6 Å². The number of halogens is 2. The fourth-order valence-electron chi connectivity index (χ4n) is 3.08. The van der Waals surface area contributed by atoms with E-state index < -0.39 is 5.92 Å². The molecule has 1 saturated heterocycles. The molecule has 0 unspecified atom stereocenters. The summed E-state index contributed by atoms with van der Waals surface area (Å²) in [5, 5.41) is 10.7. The van der Waals surface area contributed by atoms with Crippen LogP contribution in [-0.4, -0.2) is 38.8 Å². The van der Waals surface area contributed by atoms with Crippen molar-refractivity contribution in [1.29, 1.82) is 0 Å². The summed E-state index contributed by atoms with van der Waals surface area (Å²) in [5.74, 6) is -1.73. The Labute approximate surface area is 144 Å². The van der Waals surface area contributed by atoms with Crippen molar-refractivity contribution >= 4 is 11.7 Å². The van der Waals surface area contributed by atoms with Crippen LogP contribution >= 0.6 is 0 Å². The molecular weight excluding hydrogens is 328 g/mol. The quantitative estimate of drug-likeness (QED) is 0.924. The zero-order valence-electron chi connectivity index (χ0n) is 14.2. The number of anilines is 1. The third kappa shape index (κ3) is 3.94. The molecule has 0 atom stereocenters. The molecular formula is C17H21F2N5O. The van der Waals surface area contributed by atoms with E-state index in [4.69, 9.17) is 0 Å². The molecule has 0 bridgehead atoms. The molecule has 3 rings (SSSR count). The van der Waals surface area contributed by atoms with Crippen LogP contribution in [-0.2, 0) is 13.0 Å². The SMILES string of the molecule is Cn1cnnc1C1CCN(C(=O)Nc2cccc(C(C)(F)F)c2)CC1. The van der Waals surface area contributed by atoms with Crippen LogP contribution in [0.15, 0.2) is 30.6 Å². The van der Waals surface area contributed by atoms with Gasteiger partial charge in [0.05, 0.1) is 0 Å². The summed E-state index contributed by atoms with van der Waals surface area (Å²) in [6, 6.07) is 5.52. The second kappa shape index (κ2) is 6.78. The van der Waals surface area contributed by atoms with E-state index in [1.807, 2.05) is 11.6 Å². The molecule has 2 heterocycles. The molecule has 134 valence electrons. The van der Waals surface area contributed by atoms with Gasteiger partial charge < -0.3 is 14.8 Å². The van der Waals surface area contributed by atoms with E-state index in [0.29, 0.717) is 18.8 Å². The number of amides is 2. The minimum atomic E-state index is -2.94. The first kappa shape index (κ1) is 17.3. The Morgan fingerprint density at radius 3 is 2.64 bits per heavy atom. The van der Waals surface area contributed by atoms with Gasteiger partial charge >= 0.3 is 6.03 Å². The Kier molecular flexibility index (Phi) is 4.69. The number of rotatable bonds is 3. The maximum atomic E-state index is 13.4. The molecule has 8 heteroatoms. The summed E-state index contributed by atoms with van der Waals surface area (Å²) < 4.78 is 28.7. The number of carbonyl (C=O) groups excluding carboxylic acids is 1. The van der Waals surface area contributed by atoms with Crippen LogP contribution in [0.2, 0.25) is 0 Å². The average Bonchev–Trinajstić information content (AvgIpc) is 3.00. The van der Waals surface area contributed by atoms with Gasteiger partial charge in [-0.25, -0.2) is 13.6 Å². The number of benzene rings is 1. The number of piperidine rings is 1. The van der Waals surface area contributed by atoms with Crippen LogP contribution in [0.25, 0.3) is 0 Å². The standard InChI is InChI=1S/C17H21F2N5O/c1-17(18,19)13-4-3-5-14(10-13)21-16(25)24-8-6-12(7-9-24)15-22-20-11-23(15)2/h3-5,10-12H,6-9H2,1-2H3,(H,21,25). The lowest BCUT2D eigenvalue weighted by Gasteiger charge is -2.31. The summed E-state index contributed by atoms with van der Waals surface area (Å²) in [7, 11) is 1.91. The molecule has 1 aliphatic heterocycles. The molecule has 0 spiro atoms. The smallest absolute Gasteiger partial charge is 0.321 e. The zero-order chi connectivity index (χ0) is 18.0. The summed E-state index contributed by atoms with van der Waals surface area (Å²) in [6.45, 7) is 2.02. The van der Waals surface area contributed by atoms with E-state index in [1.165, 1.54) is 18.2 Å². The maximum Gasteiger partial charge on any atom is 0.321 e. The highest BCUT2D eigenvalue weighted by atomic mass is 19.3. The number of alkyl halides is 2. The number of likely N-dealkylation sites (tertiary alicyclic amines) is 1. The highest BCUT2D eigenvalue weighted by Crippen LogP contribution is 2.29. The van der Waals surface area contributed by atoms with E-state index in [1.54, 1.807) is 17.3 Å². The lowest BCUT2D eigenvalue weighted by molar-refractivity contribution is 0.0175. The van der Waals surface area contributed by atoms with E-state index in [9.17, 15) is 13.6 Å². The summed E-state index contributed by atoms with van der Waals surface area (Å²) >= 11 is 0. The molecule has 2 aromatic rings. The van der Waals surface area contributed by atoms with Gasteiger partial charge in [0, 0.05) is 44.2 Å². The van der Waals surface area contributed by atoms with Gasteiger partial charge in [-0.2, -0.15) is 0 Å². The third-order valence-corrected chi connectivity index (χ3v) is 4.51. The number of aryl methyl sites for hydroxylation is 1. The first-order valence-electron chi connectivity index (χ1n) is 8.23. The highest BCUT2D eigenvalue weighted by Gasteiger charge is 2.27. The number of hydrogen-bond donors (Lipinski definition) is 1. The second-order valence-corrected chi connectivity index (χ2v) is 6.46. The molecule has 0 radical (unpaired) electrons. The Morgan fingerprint density at radius 1 is 1.32 bits per heavy atom. The molecule has 0 saturated carbocycles. The van der Waals surface area contributed by atoms with Crippen molar-refractivity contribution in [3.05, 3.63) is 42.0 Å². The minimum Gasteiger partial charge on any atom is -0.324 e. The summed E-state index contributed by atoms with van der Waals surface area (Å²) in [5.41, 5.74) is 0.255. The number of nitrogens with one attached hydrogen (secondary N) is 1. The molecule has 1 fully saturated rings. The number of hydrogen-bond acceptors (Lipinski definition) is 3. The number of aromatic nitrogens is 3. The van der Waals surface area contributed by atoms with Gasteiger partial charge in [0.25, 0.3) is 5.92 Å². The predicted molar refractivity (Wildman–Crippen MR) is 89.6 cm³/mol. The maximum absolute atomic E-state index is 13.4. The monoisotopic (exact) mass is 349 g/mol. The molecule has 1 aliphatic rings. The van der Waals surface area contributed by atoms with Crippen molar-refractivity contribution in [2.75, 3.05) is 18.4 Å². The van der Waals surface area contributed by atoms with E-state index >= 15 is 0 Å². The van der Waals surface area contributed by atoms with Gasteiger partial charge in [-0.15, -0.1) is 10.2 Å². The molecule has 2 amide bonds. The van der Waals surface area contributed by atoms with Crippen LogP contribution in [0.1, 0.15) is 37.1 Å². The van der Waals surface area contributed by atoms with E-state index in [-0.39, 0.29) is 17.5 Å². The van der Waals surface area contributed by atoms with Gasteiger partial charge in [0.1, 0.15) is 12.2 Å². The Morgan fingerprint density at radius 2 is 2.04 bits per heavy atom. The van der Waals surface area contributed by atoms with Crippen molar-refractivity contribution in [2.24, 2.45) is 7.05 Å². The molecule has 6 nitrogen and oxygen atoms in total. The highest BCUT2D eigenvalue weighted by molar-refractivity contribution is 5.89. The van der Waals surface area contributed by atoms with Crippen LogP contribution in [0, 0.1) is 0 Å². The number of nitrogens with zero attached hydrogens (tertiary/aromatic N) is 4. The molecule has 25 heavy (non-hydrogen) atoms. The van der Waals surface area contributed by atoms with Crippen LogP contribution < -0.4 is 5.32 Å². The first-order valence-corrected chi connectivity index (χ1v) is 8.23. The molecule has 1 aromatic carbocycles. The first-order chi connectivity index (χ1) is 11.8. The lowest BCUT2D eigenvalue weighted by atomic mass is 9.96. The summed E-state index contributed by atoms with van der Waals surface area (Å²) in [4.78, 5) is 14.1. The van der Waals surface area contributed by atoms with E-state index in [2.05, 4.69) is 15.5 Å². The van der Waals surface area contributed by atoms with Gasteiger partial charge in [-0.05, 0) is 25.0 Å². The Hall–Kier alpha value is -2.51. The van der Waals surface area contributed by atoms with Crippen LogP contribution in [0.4, 0.5) is 19.3 Å². The van der Waals surface area contributed by atoms with Crippen molar-refractivity contribution in [3.8, 4) is 0 Å². The average molecular weight is 349 g/mol. The topological polar surface area (TPSA) is 63.1 Å². The third-order valence-electron chi connectivity index (χ3n) is 4.51. The second-order valence-electron chi connectivity index (χ2n) is 6.46. The molecule has 1 aromatic heterocycles. The van der Waals surface area contributed by atoms with Crippen LogP contribution in [0.5, 0.6) is 0 Å².